The van der Waals surface area contributed by atoms with Crippen LogP contribution in [-0.2, 0) is 11.2 Å². The first kappa shape index (κ1) is 17.5. The zero-order valence-electron chi connectivity index (χ0n) is 14.7. The molecule has 26 heavy (non-hydrogen) atoms. The number of nitrogens with zero attached hydrogens (tertiary/aromatic N) is 3. The zero-order valence-corrected chi connectivity index (χ0v) is 14.7. The van der Waals surface area contributed by atoms with E-state index in [1.54, 1.807) is 12.4 Å². The van der Waals surface area contributed by atoms with Crippen molar-refractivity contribution in [3.05, 3.63) is 65.6 Å². The van der Waals surface area contributed by atoms with Gasteiger partial charge in [0.25, 0.3) is 0 Å². The van der Waals surface area contributed by atoms with Crippen molar-refractivity contribution in [3.63, 3.8) is 0 Å². The Hall–Kier alpha value is -3.28. The molecule has 2 aromatic heterocycles. The molecule has 2 N–H and O–H groups in total. The highest BCUT2D eigenvalue weighted by atomic mass is 16.4. The van der Waals surface area contributed by atoms with Gasteiger partial charge in [-0.25, -0.2) is 9.97 Å². The maximum Gasteiger partial charge on any atom is 0.303 e. The van der Waals surface area contributed by atoms with Gasteiger partial charge in [-0.3, -0.25) is 9.78 Å². The fourth-order valence-corrected chi connectivity index (χ4v) is 2.68. The number of nitrogens with one attached hydrogen (secondary N) is 1. The third kappa shape index (κ3) is 4.63. The Labute approximate surface area is 152 Å². The van der Waals surface area contributed by atoms with Gasteiger partial charge in [-0.15, -0.1) is 0 Å². The molecule has 0 fully saturated rings. The van der Waals surface area contributed by atoms with E-state index in [1.807, 2.05) is 50.2 Å². The van der Waals surface area contributed by atoms with Crippen molar-refractivity contribution in [1.29, 1.82) is 0 Å². The Bertz CT molecular complexity index is 941. The van der Waals surface area contributed by atoms with Crippen molar-refractivity contribution in [3.8, 4) is 11.3 Å². The molecule has 0 saturated heterocycles. The van der Waals surface area contributed by atoms with E-state index < -0.39 is 5.97 Å². The Balaban J connectivity index is 1.87. The Morgan fingerprint density at radius 3 is 2.65 bits per heavy atom. The van der Waals surface area contributed by atoms with E-state index in [-0.39, 0.29) is 6.42 Å². The molecule has 6 heteroatoms. The van der Waals surface area contributed by atoms with Crippen LogP contribution < -0.4 is 5.32 Å². The SMILES string of the molecule is Cc1cc(Nc2nccc(C)n2)cc(-c2cc(CCC(=O)O)ccn2)c1. The molecule has 6 nitrogen and oxygen atoms in total. The first-order valence-electron chi connectivity index (χ1n) is 8.35. The van der Waals surface area contributed by atoms with E-state index in [9.17, 15) is 4.79 Å². The van der Waals surface area contributed by atoms with E-state index in [0.717, 1.165) is 33.8 Å². The number of carbonyl (C=O) groups is 1. The molecule has 3 rings (SSSR count). The number of aromatic nitrogens is 3. The van der Waals surface area contributed by atoms with E-state index in [1.165, 1.54) is 0 Å². The summed E-state index contributed by atoms with van der Waals surface area (Å²) in [5.74, 6) is -0.256. The topological polar surface area (TPSA) is 88.0 Å². The summed E-state index contributed by atoms with van der Waals surface area (Å²) in [5, 5.41) is 12.1. The monoisotopic (exact) mass is 348 g/mol. The largest absolute Gasteiger partial charge is 0.481 e. The summed E-state index contributed by atoms with van der Waals surface area (Å²) in [6, 6.07) is 11.7. The summed E-state index contributed by atoms with van der Waals surface area (Å²) >= 11 is 0. The number of hydrogen-bond donors (Lipinski definition) is 2. The third-order valence-electron chi connectivity index (χ3n) is 3.88. The summed E-state index contributed by atoms with van der Waals surface area (Å²) in [5.41, 5.74) is 5.57. The second-order valence-electron chi connectivity index (χ2n) is 6.18. The van der Waals surface area contributed by atoms with Crippen LogP contribution in [0.2, 0.25) is 0 Å². The lowest BCUT2D eigenvalue weighted by Crippen LogP contribution is -1.99. The molecule has 0 amide bonds. The molecule has 0 aliphatic rings. The van der Waals surface area contributed by atoms with E-state index in [0.29, 0.717) is 12.4 Å². The predicted molar refractivity (Wildman–Crippen MR) is 100 cm³/mol. The van der Waals surface area contributed by atoms with Gasteiger partial charge < -0.3 is 10.4 Å². The van der Waals surface area contributed by atoms with Crippen LogP contribution in [0.5, 0.6) is 0 Å². The van der Waals surface area contributed by atoms with Crippen molar-refractivity contribution >= 4 is 17.6 Å². The van der Waals surface area contributed by atoms with Gasteiger partial charge >= 0.3 is 5.97 Å². The van der Waals surface area contributed by atoms with Crippen LogP contribution in [0.4, 0.5) is 11.6 Å². The number of rotatable bonds is 6. The number of anilines is 2. The minimum atomic E-state index is -0.802. The second kappa shape index (κ2) is 7.74. The van der Waals surface area contributed by atoms with Crippen LogP contribution >= 0.6 is 0 Å². The average Bonchev–Trinajstić information content (AvgIpc) is 2.60. The third-order valence-corrected chi connectivity index (χ3v) is 3.88. The molecule has 0 aliphatic carbocycles. The molecule has 3 aromatic rings. The minimum absolute atomic E-state index is 0.106. The molecule has 0 bridgehead atoms. The van der Waals surface area contributed by atoms with Crippen molar-refractivity contribution < 1.29 is 9.90 Å². The number of pyridine rings is 1. The van der Waals surface area contributed by atoms with Crippen LogP contribution in [0.3, 0.4) is 0 Å². The Morgan fingerprint density at radius 1 is 1.08 bits per heavy atom. The molecule has 0 radical (unpaired) electrons. The van der Waals surface area contributed by atoms with E-state index in [4.69, 9.17) is 5.11 Å². The molecule has 2 heterocycles. The Morgan fingerprint density at radius 2 is 1.88 bits per heavy atom. The van der Waals surface area contributed by atoms with Gasteiger partial charge in [-0.05, 0) is 67.8 Å². The summed E-state index contributed by atoms with van der Waals surface area (Å²) < 4.78 is 0. The highest BCUT2D eigenvalue weighted by Gasteiger charge is 2.07. The quantitative estimate of drug-likeness (QED) is 0.702. The van der Waals surface area contributed by atoms with Crippen LogP contribution in [0, 0.1) is 13.8 Å². The molecular weight excluding hydrogens is 328 g/mol. The maximum atomic E-state index is 10.8. The van der Waals surface area contributed by atoms with Crippen LogP contribution in [0.15, 0.2) is 48.8 Å². The standard InChI is InChI=1S/C20H20N4O2/c1-13-9-16(18-11-15(6-8-21-18)3-4-19(25)26)12-17(10-13)24-20-22-7-5-14(2)23-20/h5-12H,3-4H2,1-2H3,(H,25,26)(H,22,23,24). The number of aliphatic carboxylic acids is 1. The van der Waals surface area contributed by atoms with Crippen LogP contribution in [0.1, 0.15) is 23.2 Å². The van der Waals surface area contributed by atoms with Gasteiger partial charge in [0, 0.05) is 35.8 Å². The van der Waals surface area contributed by atoms with Crippen molar-refractivity contribution in [2.24, 2.45) is 0 Å². The lowest BCUT2D eigenvalue weighted by atomic mass is 10.0. The normalized spacial score (nSPS) is 10.5. The van der Waals surface area contributed by atoms with Gasteiger partial charge in [-0.1, -0.05) is 0 Å². The van der Waals surface area contributed by atoms with Crippen LogP contribution in [-0.4, -0.2) is 26.0 Å². The van der Waals surface area contributed by atoms with Gasteiger partial charge in [0.1, 0.15) is 0 Å². The fourth-order valence-electron chi connectivity index (χ4n) is 2.68. The number of aryl methyl sites for hydroxylation is 3. The smallest absolute Gasteiger partial charge is 0.303 e. The maximum absolute atomic E-state index is 10.8. The molecule has 1 aromatic carbocycles. The molecule has 0 spiro atoms. The summed E-state index contributed by atoms with van der Waals surface area (Å²) in [4.78, 5) is 23.8. The van der Waals surface area contributed by atoms with Crippen molar-refractivity contribution in [1.82, 2.24) is 15.0 Å². The van der Waals surface area contributed by atoms with Crippen molar-refractivity contribution in [2.75, 3.05) is 5.32 Å². The van der Waals surface area contributed by atoms with Crippen molar-refractivity contribution in [2.45, 2.75) is 26.7 Å². The summed E-state index contributed by atoms with van der Waals surface area (Å²) in [7, 11) is 0. The zero-order chi connectivity index (χ0) is 18.5. The second-order valence-corrected chi connectivity index (χ2v) is 6.18. The van der Waals surface area contributed by atoms with Crippen LogP contribution in [0.25, 0.3) is 11.3 Å². The molecule has 0 atom stereocenters. The number of benzene rings is 1. The van der Waals surface area contributed by atoms with Gasteiger partial charge in [0.05, 0.1) is 5.69 Å². The first-order chi connectivity index (χ1) is 12.5. The number of carboxylic acids is 1. The van der Waals surface area contributed by atoms with E-state index >= 15 is 0 Å². The predicted octanol–water partition coefficient (Wildman–Crippen LogP) is 3.92. The molecule has 0 unspecified atom stereocenters. The number of carboxylic acid groups (broad SMARTS) is 1. The summed E-state index contributed by atoms with van der Waals surface area (Å²) in [6.07, 6.45) is 4.02. The minimum Gasteiger partial charge on any atom is -0.481 e. The molecular formula is C20H20N4O2. The highest BCUT2D eigenvalue weighted by Crippen LogP contribution is 2.25. The lowest BCUT2D eigenvalue weighted by molar-refractivity contribution is -0.136. The van der Waals surface area contributed by atoms with Gasteiger partial charge in [0.15, 0.2) is 0 Å². The Kier molecular flexibility index (Phi) is 5.22. The first-order valence-corrected chi connectivity index (χ1v) is 8.35. The number of hydrogen-bond acceptors (Lipinski definition) is 5. The average molecular weight is 348 g/mol. The highest BCUT2D eigenvalue weighted by molar-refractivity contribution is 5.69. The van der Waals surface area contributed by atoms with Gasteiger partial charge in [-0.2, -0.15) is 0 Å². The molecule has 132 valence electrons. The van der Waals surface area contributed by atoms with E-state index in [2.05, 4.69) is 20.3 Å². The van der Waals surface area contributed by atoms with Gasteiger partial charge in [0.2, 0.25) is 5.95 Å². The summed E-state index contributed by atoms with van der Waals surface area (Å²) in [6.45, 7) is 3.93. The fraction of sp³-hybridized carbons (Fsp3) is 0.200. The molecule has 0 aliphatic heterocycles. The lowest BCUT2D eigenvalue weighted by Gasteiger charge is -2.10. The molecule has 0 saturated carbocycles.